The van der Waals surface area contributed by atoms with E-state index in [1.807, 2.05) is 39.0 Å². The predicted octanol–water partition coefficient (Wildman–Crippen LogP) is 3.07. The highest BCUT2D eigenvalue weighted by Crippen LogP contribution is 2.30. The number of nitrogens with two attached hydrogens (primary N) is 1. The number of benzene rings is 2. The Kier molecular flexibility index (Phi) is 6.60. The summed E-state index contributed by atoms with van der Waals surface area (Å²) in [5.41, 5.74) is 6.93. The highest BCUT2D eigenvalue weighted by atomic mass is 16.5. The van der Waals surface area contributed by atoms with Crippen molar-refractivity contribution in [2.75, 3.05) is 13.2 Å². The summed E-state index contributed by atoms with van der Waals surface area (Å²) < 4.78 is 11.2. The molecule has 0 heterocycles. The first-order valence-electron chi connectivity index (χ1n) is 8.56. The number of carbonyl (C=O) groups is 2. The van der Waals surface area contributed by atoms with Gasteiger partial charge in [0.1, 0.15) is 0 Å². The minimum atomic E-state index is -0.525. The lowest BCUT2D eigenvalue weighted by atomic mass is 10.1. The molecule has 1 atom stereocenters. The first kappa shape index (κ1) is 19.3. The largest absolute Gasteiger partial charge is 0.490 e. The van der Waals surface area contributed by atoms with Gasteiger partial charge in [0.2, 0.25) is 5.91 Å². The molecule has 1 unspecified atom stereocenters. The van der Waals surface area contributed by atoms with Crippen molar-refractivity contribution in [2.24, 2.45) is 5.73 Å². The summed E-state index contributed by atoms with van der Waals surface area (Å²) in [7, 11) is 0. The van der Waals surface area contributed by atoms with Crippen LogP contribution < -0.4 is 20.5 Å². The minimum Gasteiger partial charge on any atom is -0.490 e. The van der Waals surface area contributed by atoms with Crippen molar-refractivity contribution in [3.8, 4) is 11.5 Å². The van der Waals surface area contributed by atoms with Crippen LogP contribution in [0.2, 0.25) is 0 Å². The number of hydrogen-bond acceptors (Lipinski definition) is 4. The Morgan fingerprint density at radius 2 is 1.54 bits per heavy atom. The minimum absolute atomic E-state index is 0.229. The first-order chi connectivity index (χ1) is 12.5. The lowest BCUT2D eigenvalue weighted by Gasteiger charge is -2.17. The molecule has 0 fully saturated rings. The third kappa shape index (κ3) is 4.75. The molecular formula is C20H24N2O4. The molecule has 2 rings (SSSR count). The van der Waals surface area contributed by atoms with E-state index in [1.165, 1.54) is 12.1 Å². The maximum Gasteiger partial charge on any atom is 0.251 e. The van der Waals surface area contributed by atoms with Crippen LogP contribution in [0.25, 0.3) is 0 Å². The standard InChI is InChI=1S/C20H24N2O4/c1-4-25-17-11-10-16(12-18(17)26-5-2)13(3)22-20(24)15-8-6-14(7-9-15)19(21)23/h6-13H,4-5H2,1-3H3,(H2,21,23)(H,22,24). The van der Waals surface area contributed by atoms with Gasteiger partial charge in [0.25, 0.3) is 5.91 Å². The average molecular weight is 356 g/mol. The number of primary amides is 1. The van der Waals surface area contributed by atoms with Crippen molar-refractivity contribution < 1.29 is 19.1 Å². The molecule has 2 amide bonds. The molecular weight excluding hydrogens is 332 g/mol. The SMILES string of the molecule is CCOc1ccc(C(C)NC(=O)c2ccc(C(N)=O)cc2)cc1OCC. The summed E-state index contributed by atoms with van der Waals surface area (Å²) in [6.07, 6.45) is 0. The van der Waals surface area contributed by atoms with Gasteiger partial charge in [0.05, 0.1) is 19.3 Å². The van der Waals surface area contributed by atoms with E-state index in [2.05, 4.69) is 5.32 Å². The number of ether oxygens (including phenoxy) is 2. The van der Waals surface area contributed by atoms with Gasteiger partial charge >= 0.3 is 0 Å². The van der Waals surface area contributed by atoms with Gasteiger partial charge in [-0.3, -0.25) is 9.59 Å². The first-order valence-corrected chi connectivity index (χ1v) is 8.56. The molecule has 0 aromatic heterocycles. The van der Waals surface area contributed by atoms with Crippen LogP contribution in [0.4, 0.5) is 0 Å². The van der Waals surface area contributed by atoms with E-state index < -0.39 is 5.91 Å². The Morgan fingerprint density at radius 1 is 0.962 bits per heavy atom. The lowest BCUT2D eigenvalue weighted by molar-refractivity contribution is 0.0937. The van der Waals surface area contributed by atoms with E-state index in [1.54, 1.807) is 12.1 Å². The third-order valence-corrected chi connectivity index (χ3v) is 3.85. The second-order valence-electron chi connectivity index (χ2n) is 5.71. The number of carbonyl (C=O) groups excluding carboxylic acids is 2. The molecule has 0 saturated carbocycles. The average Bonchev–Trinajstić information content (AvgIpc) is 2.63. The van der Waals surface area contributed by atoms with Gasteiger partial charge in [-0.2, -0.15) is 0 Å². The topological polar surface area (TPSA) is 90.6 Å². The summed E-state index contributed by atoms with van der Waals surface area (Å²) in [5.74, 6) is 0.570. The molecule has 0 spiro atoms. The zero-order valence-electron chi connectivity index (χ0n) is 15.2. The van der Waals surface area contributed by atoms with Crippen LogP contribution in [0.3, 0.4) is 0 Å². The van der Waals surface area contributed by atoms with Gasteiger partial charge in [-0.05, 0) is 62.7 Å². The van der Waals surface area contributed by atoms with E-state index in [0.717, 1.165) is 5.56 Å². The van der Waals surface area contributed by atoms with Gasteiger partial charge in [-0.1, -0.05) is 6.07 Å². The molecule has 0 aliphatic carbocycles. The van der Waals surface area contributed by atoms with Gasteiger partial charge in [-0.15, -0.1) is 0 Å². The Labute approximate surface area is 153 Å². The molecule has 2 aromatic carbocycles. The maximum absolute atomic E-state index is 12.4. The van der Waals surface area contributed by atoms with Crippen LogP contribution in [-0.4, -0.2) is 25.0 Å². The van der Waals surface area contributed by atoms with Gasteiger partial charge < -0.3 is 20.5 Å². The zero-order chi connectivity index (χ0) is 19.1. The van der Waals surface area contributed by atoms with Crippen molar-refractivity contribution in [1.29, 1.82) is 0 Å². The van der Waals surface area contributed by atoms with Crippen molar-refractivity contribution in [2.45, 2.75) is 26.8 Å². The lowest BCUT2D eigenvalue weighted by Crippen LogP contribution is -2.26. The summed E-state index contributed by atoms with van der Waals surface area (Å²) in [5, 5.41) is 2.93. The van der Waals surface area contributed by atoms with Crippen molar-refractivity contribution >= 4 is 11.8 Å². The number of rotatable bonds is 8. The molecule has 3 N–H and O–H groups in total. The Balaban J connectivity index is 2.12. The Morgan fingerprint density at radius 3 is 2.12 bits per heavy atom. The normalized spacial score (nSPS) is 11.5. The molecule has 6 heteroatoms. The van der Waals surface area contributed by atoms with Crippen LogP contribution in [0.1, 0.15) is 53.1 Å². The van der Waals surface area contributed by atoms with Crippen LogP contribution in [0.5, 0.6) is 11.5 Å². The van der Waals surface area contributed by atoms with Crippen LogP contribution >= 0.6 is 0 Å². The van der Waals surface area contributed by atoms with Crippen molar-refractivity contribution in [1.82, 2.24) is 5.32 Å². The summed E-state index contributed by atoms with van der Waals surface area (Å²) in [6.45, 7) is 6.78. The summed E-state index contributed by atoms with van der Waals surface area (Å²) in [6, 6.07) is 11.6. The van der Waals surface area contributed by atoms with Crippen LogP contribution in [0, 0.1) is 0 Å². The molecule has 0 saturated heterocycles. The van der Waals surface area contributed by atoms with E-state index in [-0.39, 0.29) is 11.9 Å². The second-order valence-corrected chi connectivity index (χ2v) is 5.71. The van der Waals surface area contributed by atoms with Gasteiger partial charge in [0, 0.05) is 11.1 Å². The van der Waals surface area contributed by atoms with Crippen LogP contribution in [-0.2, 0) is 0 Å². The molecule has 0 aliphatic rings. The second kappa shape index (κ2) is 8.89. The molecule has 0 radical (unpaired) electrons. The Hall–Kier alpha value is -3.02. The van der Waals surface area contributed by atoms with E-state index in [0.29, 0.717) is 35.8 Å². The molecule has 0 bridgehead atoms. The van der Waals surface area contributed by atoms with E-state index in [9.17, 15) is 9.59 Å². The maximum atomic E-state index is 12.4. The molecule has 26 heavy (non-hydrogen) atoms. The van der Waals surface area contributed by atoms with Gasteiger partial charge in [-0.25, -0.2) is 0 Å². The zero-order valence-corrected chi connectivity index (χ0v) is 15.2. The fourth-order valence-electron chi connectivity index (χ4n) is 2.49. The molecule has 2 aromatic rings. The summed E-state index contributed by atoms with van der Waals surface area (Å²) >= 11 is 0. The smallest absolute Gasteiger partial charge is 0.251 e. The monoisotopic (exact) mass is 356 g/mol. The highest BCUT2D eigenvalue weighted by Gasteiger charge is 2.14. The van der Waals surface area contributed by atoms with Crippen molar-refractivity contribution in [3.05, 3.63) is 59.2 Å². The fourth-order valence-corrected chi connectivity index (χ4v) is 2.49. The van der Waals surface area contributed by atoms with E-state index in [4.69, 9.17) is 15.2 Å². The molecule has 138 valence electrons. The quantitative estimate of drug-likeness (QED) is 0.760. The highest BCUT2D eigenvalue weighted by molar-refractivity contribution is 5.97. The molecule has 0 aliphatic heterocycles. The molecule has 6 nitrogen and oxygen atoms in total. The fraction of sp³-hybridized carbons (Fsp3) is 0.300. The van der Waals surface area contributed by atoms with Crippen LogP contribution in [0.15, 0.2) is 42.5 Å². The Bertz CT molecular complexity index is 772. The number of nitrogens with one attached hydrogen (secondary N) is 1. The predicted molar refractivity (Wildman–Crippen MR) is 99.6 cm³/mol. The summed E-state index contributed by atoms with van der Waals surface area (Å²) in [4.78, 5) is 23.5. The number of amides is 2. The van der Waals surface area contributed by atoms with E-state index >= 15 is 0 Å². The number of hydrogen-bond donors (Lipinski definition) is 2. The third-order valence-electron chi connectivity index (χ3n) is 3.85. The van der Waals surface area contributed by atoms with Crippen molar-refractivity contribution in [3.63, 3.8) is 0 Å². The van der Waals surface area contributed by atoms with Gasteiger partial charge in [0.15, 0.2) is 11.5 Å².